The molecule has 2 rings (SSSR count). The Bertz CT molecular complexity index is 530. The monoisotopic (exact) mass is 277 g/mol. The van der Waals surface area contributed by atoms with Crippen molar-refractivity contribution in [3.8, 4) is 0 Å². The third-order valence-electron chi connectivity index (χ3n) is 2.94. The Balaban J connectivity index is 2.20. The molecule has 0 radical (unpaired) electrons. The first-order valence-corrected chi connectivity index (χ1v) is 6.44. The van der Waals surface area contributed by atoms with E-state index in [0.717, 1.165) is 6.42 Å². The summed E-state index contributed by atoms with van der Waals surface area (Å²) in [5, 5.41) is 2.74. The zero-order valence-electron chi connectivity index (χ0n) is 10.4. The van der Waals surface area contributed by atoms with E-state index < -0.39 is 0 Å². The normalized spacial score (nSPS) is 15.6. The van der Waals surface area contributed by atoms with Gasteiger partial charge in [0, 0.05) is 24.2 Å². The van der Waals surface area contributed by atoms with Gasteiger partial charge in [0.15, 0.2) is 0 Å². The molecule has 0 saturated carbocycles. The highest BCUT2D eigenvalue weighted by Gasteiger charge is 2.21. The highest BCUT2D eigenvalue weighted by atomic mass is 32.1. The van der Waals surface area contributed by atoms with Crippen LogP contribution in [-0.4, -0.2) is 41.3 Å². The number of carbonyl (C=O) groups excluding carboxylic acids is 2. The first-order valence-electron chi connectivity index (χ1n) is 6.04. The molecular weight excluding hydrogens is 262 g/mol. The molecule has 1 aliphatic rings. The molecule has 0 spiro atoms. The van der Waals surface area contributed by atoms with Crippen molar-refractivity contribution in [2.75, 3.05) is 19.6 Å². The topological polar surface area (TPSA) is 75.4 Å². The zero-order chi connectivity index (χ0) is 13.8. The molecule has 0 atom stereocenters. The Morgan fingerprint density at radius 3 is 2.84 bits per heavy atom. The fraction of sp³-hybridized carbons (Fsp3) is 0.308. The average Bonchev–Trinajstić information content (AvgIpc) is 2.62. The van der Waals surface area contributed by atoms with Crippen LogP contribution in [0, 0.1) is 0 Å². The number of nitrogens with two attached hydrogens (primary N) is 1. The lowest BCUT2D eigenvalue weighted by molar-refractivity contribution is -0.121. The first kappa shape index (κ1) is 13.5. The van der Waals surface area contributed by atoms with Crippen LogP contribution < -0.4 is 11.1 Å². The van der Waals surface area contributed by atoms with Crippen LogP contribution >= 0.6 is 12.2 Å². The lowest BCUT2D eigenvalue weighted by Gasteiger charge is -2.19. The van der Waals surface area contributed by atoms with E-state index in [1.165, 1.54) is 0 Å². The predicted octanol–water partition coefficient (Wildman–Crippen LogP) is 0.283. The maximum atomic E-state index is 12.3. The number of hydrogen-bond donors (Lipinski definition) is 2. The Kier molecular flexibility index (Phi) is 4.11. The number of rotatable bonds is 2. The predicted molar refractivity (Wildman–Crippen MR) is 75.9 cm³/mol. The highest BCUT2D eigenvalue weighted by Crippen LogP contribution is 2.10. The fourth-order valence-corrected chi connectivity index (χ4v) is 2.09. The van der Waals surface area contributed by atoms with Crippen LogP contribution in [0.4, 0.5) is 0 Å². The van der Waals surface area contributed by atoms with Gasteiger partial charge >= 0.3 is 0 Å². The van der Waals surface area contributed by atoms with Crippen LogP contribution in [0.3, 0.4) is 0 Å². The van der Waals surface area contributed by atoms with Gasteiger partial charge < -0.3 is 16.0 Å². The van der Waals surface area contributed by atoms with Crippen LogP contribution in [0.25, 0.3) is 0 Å². The van der Waals surface area contributed by atoms with Gasteiger partial charge in [-0.3, -0.25) is 9.59 Å². The molecule has 6 heteroatoms. The van der Waals surface area contributed by atoms with Gasteiger partial charge in [-0.25, -0.2) is 0 Å². The van der Waals surface area contributed by atoms with Crippen LogP contribution in [0.15, 0.2) is 24.3 Å². The van der Waals surface area contributed by atoms with Crippen LogP contribution in [0.1, 0.15) is 22.3 Å². The number of thiocarbonyl (C=S) groups is 1. The molecule has 0 aliphatic carbocycles. The summed E-state index contributed by atoms with van der Waals surface area (Å²) in [5.41, 5.74) is 6.70. The average molecular weight is 277 g/mol. The number of nitrogens with zero attached hydrogens (tertiary/aromatic N) is 1. The third-order valence-corrected chi connectivity index (χ3v) is 3.18. The lowest BCUT2D eigenvalue weighted by Crippen LogP contribution is -2.37. The number of hydrogen-bond acceptors (Lipinski definition) is 3. The highest BCUT2D eigenvalue weighted by molar-refractivity contribution is 7.80. The maximum absolute atomic E-state index is 12.3. The molecule has 1 aromatic rings. The number of nitrogens with one attached hydrogen (secondary N) is 1. The molecule has 3 N–H and O–H groups in total. The van der Waals surface area contributed by atoms with Gasteiger partial charge in [0.1, 0.15) is 4.99 Å². The van der Waals surface area contributed by atoms with Crippen LogP contribution in [0.5, 0.6) is 0 Å². The minimum absolute atomic E-state index is 0.0934. The van der Waals surface area contributed by atoms with Gasteiger partial charge in [0.25, 0.3) is 5.91 Å². The second-order valence-corrected chi connectivity index (χ2v) is 4.82. The van der Waals surface area contributed by atoms with E-state index in [2.05, 4.69) is 5.32 Å². The van der Waals surface area contributed by atoms with Crippen molar-refractivity contribution < 1.29 is 9.59 Å². The molecule has 1 fully saturated rings. The maximum Gasteiger partial charge on any atom is 0.254 e. The second-order valence-electron chi connectivity index (χ2n) is 4.38. The number of benzene rings is 1. The van der Waals surface area contributed by atoms with E-state index in [-0.39, 0.29) is 23.3 Å². The van der Waals surface area contributed by atoms with Gasteiger partial charge in [-0.1, -0.05) is 24.4 Å². The molecule has 0 unspecified atom stereocenters. The molecule has 1 saturated heterocycles. The summed E-state index contributed by atoms with van der Waals surface area (Å²) in [6.45, 7) is 1.26. The van der Waals surface area contributed by atoms with Gasteiger partial charge in [-0.05, 0) is 18.6 Å². The summed E-state index contributed by atoms with van der Waals surface area (Å²) in [4.78, 5) is 25.6. The summed E-state index contributed by atoms with van der Waals surface area (Å²) < 4.78 is 0. The van der Waals surface area contributed by atoms with E-state index in [9.17, 15) is 9.59 Å². The molecule has 1 aromatic carbocycles. The van der Waals surface area contributed by atoms with Crippen molar-refractivity contribution >= 4 is 29.0 Å². The van der Waals surface area contributed by atoms with Gasteiger partial charge in [0.2, 0.25) is 5.91 Å². The Morgan fingerprint density at radius 1 is 1.37 bits per heavy atom. The molecule has 1 heterocycles. The summed E-state index contributed by atoms with van der Waals surface area (Å²) in [5.74, 6) is -0.300. The third kappa shape index (κ3) is 3.29. The summed E-state index contributed by atoms with van der Waals surface area (Å²) >= 11 is 4.89. The Labute approximate surface area is 116 Å². The standard InChI is InChI=1S/C13H15N3O2S/c14-12(19)9-3-1-4-10(7-9)13(18)16-6-2-5-15-11(17)8-16/h1,3-4,7H,2,5-6,8H2,(H2,14,19)(H,15,17). The summed E-state index contributed by atoms with van der Waals surface area (Å²) in [6, 6.07) is 6.86. The van der Waals surface area contributed by atoms with Gasteiger partial charge in [-0.2, -0.15) is 0 Å². The van der Waals surface area contributed by atoms with E-state index in [1.54, 1.807) is 29.2 Å². The largest absolute Gasteiger partial charge is 0.389 e. The Morgan fingerprint density at radius 2 is 2.11 bits per heavy atom. The minimum Gasteiger partial charge on any atom is -0.389 e. The summed E-state index contributed by atoms with van der Waals surface area (Å²) in [6.07, 6.45) is 0.756. The van der Waals surface area contributed by atoms with Crippen molar-refractivity contribution in [3.05, 3.63) is 35.4 Å². The molecule has 100 valence electrons. The first-order chi connectivity index (χ1) is 9.08. The SMILES string of the molecule is NC(=S)c1cccc(C(=O)N2CCCNC(=O)C2)c1. The van der Waals surface area contributed by atoms with Crippen molar-refractivity contribution in [2.24, 2.45) is 5.73 Å². The lowest BCUT2D eigenvalue weighted by atomic mass is 10.1. The van der Waals surface area contributed by atoms with Crippen LogP contribution in [0.2, 0.25) is 0 Å². The van der Waals surface area contributed by atoms with Crippen molar-refractivity contribution in [3.63, 3.8) is 0 Å². The van der Waals surface area contributed by atoms with Crippen molar-refractivity contribution in [1.82, 2.24) is 10.2 Å². The van der Waals surface area contributed by atoms with Gasteiger partial charge in [-0.15, -0.1) is 0 Å². The zero-order valence-corrected chi connectivity index (χ0v) is 11.2. The summed E-state index contributed by atoms with van der Waals surface area (Å²) in [7, 11) is 0. The molecule has 2 amide bonds. The smallest absolute Gasteiger partial charge is 0.254 e. The Hall–Kier alpha value is -1.95. The van der Waals surface area contributed by atoms with E-state index >= 15 is 0 Å². The molecule has 5 nitrogen and oxygen atoms in total. The molecular formula is C13H15N3O2S. The van der Waals surface area contributed by atoms with E-state index in [4.69, 9.17) is 18.0 Å². The number of carbonyl (C=O) groups is 2. The quantitative estimate of drug-likeness (QED) is 0.762. The molecule has 0 bridgehead atoms. The van der Waals surface area contributed by atoms with Crippen LogP contribution in [-0.2, 0) is 4.79 Å². The minimum atomic E-state index is -0.171. The molecule has 0 aromatic heterocycles. The van der Waals surface area contributed by atoms with Crippen molar-refractivity contribution in [1.29, 1.82) is 0 Å². The number of amides is 2. The fourth-order valence-electron chi connectivity index (χ4n) is 1.97. The van der Waals surface area contributed by atoms with Gasteiger partial charge in [0.05, 0.1) is 6.54 Å². The second kappa shape index (κ2) is 5.79. The van der Waals surface area contributed by atoms with Crippen molar-refractivity contribution in [2.45, 2.75) is 6.42 Å². The molecule has 19 heavy (non-hydrogen) atoms. The van der Waals surface area contributed by atoms with E-state index in [0.29, 0.717) is 24.2 Å². The molecule has 1 aliphatic heterocycles. The van der Waals surface area contributed by atoms with E-state index in [1.807, 2.05) is 0 Å².